The molecule has 11 heavy (non-hydrogen) atoms. The summed E-state index contributed by atoms with van der Waals surface area (Å²) in [7, 11) is 0.893. The van der Waals surface area contributed by atoms with E-state index in [1.807, 2.05) is 0 Å². The first-order chi connectivity index (χ1) is 5.08. The van der Waals surface area contributed by atoms with Gasteiger partial charge in [-0.15, -0.1) is 23.2 Å². The van der Waals surface area contributed by atoms with Crippen LogP contribution in [0.1, 0.15) is 38.5 Å². The Labute approximate surface area is 82.1 Å². The fourth-order valence-corrected chi connectivity index (χ4v) is 2.91. The van der Waals surface area contributed by atoms with Crippen molar-refractivity contribution in [3.05, 3.63) is 0 Å². The molecule has 0 aromatic carbocycles. The summed E-state index contributed by atoms with van der Waals surface area (Å²) in [6.45, 7) is 0. The Morgan fingerprint density at radius 3 is 2.18 bits per heavy atom. The Morgan fingerprint density at radius 1 is 1.18 bits per heavy atom. The molecule has 0 heterocycles. The summed E-state index contributed by atoms with van der Waals surface area (Å²) in [6, 6.07) is 0. The molecule has 0 radical (unpaired) electrons. The summed E-state index contributed by atoms with van der Waals surface area (Å²) in [6.07, 6.45) is 7.91. The molecule has 0 N–H and O–H groups in total. The van der Waals surface area contributed by atoms with Crippen LogP contribution in [0.4, 0.5) is 0 Å². The van der Waals surface area contributed by atoms with Gasteiger partial charge in [-0.05, 0) is 12.3 Å². The van der Waals surface area contributed by atoms with Crippen molar-refractivity contribution in [2.24, 2.45) is 5.92 Å². The number of halogens is 2. The zero-order valence-electron chi connectivity index (χ0n) is 7.08. The first kappa shape index (κ1) is 9.88. The minimum absolute atomic E-state index is 0.359. The minimum Gasteiger partial charge on any atom is -0.107 e. The lowest BCUT2D eigenvalue weighted by Gasteiger charge is -2.25. The third-order valence-electron chi connectivity index (χ3n) is 2.37. The van der Waals surface area contributed by atoms with Crippen molar-refractivity contribution in [1.29, 1.82) is 0 Å². The molecule has 3 heteroatoms. The Balaban J connectivity index is 2.24. The molecule has 0 saturated heterocycles. The predicted octanol–water partition coefficient (Wildman–Crippen LogP) is 2.45. The minimum atomic E-state index is -0.359. The Bertz CT molecular complexity index is 114. The maximum Gasteiger partial charge on any atom is 0.0975 e. The highest BCUT2D eigenvalue weighted by Crippen LogP contribution is 2.33. The van der Waals surface area contributed by atoms with Crippen LogP contribution >= 0.6 is 23.2 Å². The van der Waals surface area contributed by atoms with Gasteiger partial charge >= 0.3 is 0 Å². The Hall–Kier alpha value is 0.797. The van der Waals surface area contributed by atoms with E-state index in [4.69, 9.17) is 23.2 Å². The quantitative estimate of drug-likeness (QED) is 0.486. The predicted molar refractivity (Wildman–Crippen MR) is 55.6 cm³/mol. The summed E-state index contributed by atoms with van der Waals surface area (Å²) in [5.41, 5.74) is 0. The van der Waals surface area contributed by atoms with Gasteiger partial charge in [0, 0.05) is 10.2 Å². The van der Waals surface area contributed by atoms with Gasteiger partial charge in [0.15, 0.2) is 0 Å². The number of alkyl halides is 2. The molecule has 0 unspecified atom stereocenters. The van der Waals surface area contributed by atoms with Crippen molar-refractivity contribution in [1.82, 2.24) is 0 Å². The molecule has 1 rings (SSSR count). The van der Waals surface area contributed by atoms with Crippen LogP contribution in [-0.4, -0.2) is 14.2 Å². The van der Waals surface area contributed by atoms with E-state index in [9.17, 15) is 0 Å². The second-order valence-electron chi connectivity index (χ2n) is 3.78. The van der Waals surface area contributed by atoms with Crippen LogP contribution in [-0.2, 0) is 0 Å². The van der Waals surface area contributed by atoms with Gasteiger partial charge in [0.25, 0.3) is 0 Å². The molecule has 1 aliphatic rings. The molecule has 0 aliphatic heterocycles. The standard InChI is InChI=1S/C8H16Cl2Si/c9-8(10,11)6-7-4-2-1-3-5-7/h7H,1-6H2,11H3. The van der Waals surface area contributed by atoms with Crippen LogP contribution in [0, 0.1) is 5.92 Å². The monoisotopic (exact) mass is 210 g/mol. The van der Waals surface area contributed by atoms with E-state index >= 15 is 0 Å². The van der Waals surface area contributed by atoms with E-state index in [0.29, 0.717) is 0 Å². The van der Waals surface area contributed by atoms with E-state index in [1.54, 1.807) is 0 Å². The molecular formula is C8H16Cl2Si. The fourth-order valence-electron chi connectivity index (χ4n) is 1.90. The molecule has 0 amide bonds. The number of hydrogen-bond donors (Lipinski definition) is 0. The average molecular weight is 211 g/mol. The summed E-state index contributed by atoms with van der Waals surface area (Å²) >= 11 is 12.0. The molecule has 0 atom stereocenters. The normalized spacial score (nSPS) is 22.4. The zero-order chi connectivity index (χ0) is 8.32. The van der Waals surface area contributed by atoms with Crippen molar-refractivity contribution >= 4 is 33.4 Å². The second-order valence-corrected chi connectivity index (χ2v) is 8.62. The van der Waals surface area contributed by atoms with Crippen LogP contribution in [0.2, 0.25) is 0 Å². The highest BCUT2D eigenvalue weighted by atomic mass is 35.5. The Morgan fingerprint density at radius 2 is 1.73 bits per heavy atom. The molecule has 0 bridgehead atoms. The van der Waals surface area contributed by atoms with Crippen LogP contribution in [0.25, 0.3) is 0 Å². The summed E-state index contributed by atoms with van der Waals surface area (Å²) in [5.74, 6) is 0.816. The smallest absolute Gasteiger partial charge is 0.0975 e. The maximum absolute atomic E-state index is 5.99. The van der Waals surface area contributed by atoms with E-state index in [1.165, 1.54) is 32.1 Å². The van der Waals surface area contributed by atoms with Crippen LogP contribution < -0.4 is 0 Å². The van der Waals surface area contributed by atoms with Gasteiger partial charge in [0.05, 0.1) is 3.96 Å². The first-order valence-corrected chi connectivity index (χ1v) is 6.21. The Kier molecular flexibility index (Phi) is 3.73. The lowest BCUT2D eigenvalue weighted by atomic mass is 9.87. The first-order valence-electron chi connectivity index (χ1n) is 4.46. The largest absolute Gasteiger partial charge is 0.107 e. The SMILES string of the molecule is [SiH3]C(Cl)(Cl)CC1CCCCC1. The van der Waals surface area contributed by atoms with Gasteiger partial charge in [-0.3, -0.25) is 0 Å². The van der Waals surface area contributed by atoms with Gasteiger partial charge in [-0.1, -0.05) is 32.1 Å². The van der Waals surface area contributed by atoms with Crippen molar-refractivity contribution in [2.45, 2.75) is 42.5 Å². The molecule has 0 aromatic rings. The molecule has 0 nitrogen and oxygen atoms in total. The molecule has 1 fully saturated rings. The van der Waals surface area contributed by atoms with E-state index in [-0.39, 0.29) is 3.96 Å². The van der Waals surface area contributed by atoms with Crippen LogP contribution in [0.15, 0.2) is 0 Å². The van der Waals surface area contributed by atoms with Gasteiger partial charge < -0.3 is 0 Å². The molecular weight excluding hydrogens is 195 g/mol. The van der Waals surface area contributed by atoms with Crippen molar-refractivity contribution in [2.75, 3.05) is 0 Å². The summed E-state index contributed by atoms with van der Waals surface area (Å²) in [4.78, 5) is 0. The van der Waals surface area contributed by atoms with Gasteiger partial charge in [0.2, 0.25) is 0 Å². The van der Waals surface area contributed by atoms with Gasteiger partial charge in [-0.25, -0.2) is 0 Å². The van der Waals surface area contributed by atoms with Crippen molar-refractivity contribution in [3.8, 4) is 0 Å². The van der Waals surface area contributed by atoms with E-state index in [2.05, 4.69) is 0 Å². The number of rotatable bonds is 2. The molecule has 0 spiro atoms. The topological polar surface area (TPSA) is 0 Å². The summed E-state index contributed by atoms with van der Waals surface area (Å²) < 4.78 is -0.359. The number of hydrogen-bond acceptors (Lipinski definition) is 0. The van der Waals surface area contributed by atoms with Gasteiger partial charge in [0.1, 0.15) is 0 Å². The summed E-state index contributed by atoms with van der Waals surface area (Å²) in [5, 5.41) is 0. The highest BCUT2D eigenvalue weighted by molar-refractivity contribution is 6.65. The third-order valence-corrected chi connectivity index (χ3v) is 3.09. The molecule has 1 aliphatic carbocycles. The van der Waals surface area contributed by atoms with Crippen LogP contribution in [0.5, 0.6) is 0 Å². The van der Waals surface area contributed by atoms with Crippen molar-refractivity contribution in [3.63, 3.8) is 0 Å². The molecule has 66 valence electrons. The highest BCUT2D eigenvalue weighted by Gasteiger charge is 2.23. The zero-order valence-corrected chi connectivity index (χ0v) is 10.6. The maximum atomic E-state index is 5.99. The van der Waals surface area contributed by atoms with Gasteiger partial charge in [-0.2, -0.15) is 0 Å². The molecule has 0 aromatic heterocycles. The fraction of sp³-hybridized carbons (Fsp3) is 1.00. The second kappa shape index (κ2) is 4.15. The lowest BCUT2D eigenvalue weighted by molar-refractivity contribution is 0.341. The van der Waals surface area contributed by atoms with E-state index < -0.39 is 0 Å². The van der Waals surface area contributed by atoms with Crippen molar-refractivity contribution < 1.29 is 0 Å². The molecule has 1 saturated carbocycles. The van der Waals surface area contributed by atoms with E-state index in [0.717, 1.165) is 22.6 Å². The third kappa shape index (κ3) is 4.39. The van der Waals surface area contributed by atoms with Crippen LogP contribution in [0.3, 0.4) is 0 Å². The average Bonchev–Trinajstić information content (AvgIpc) is 1.85. The lowest BCUT2D eigenvalue weighted by Crippen LogP contribution is -2.20.